The predicted molar refractivity (Wildman–Crippen MR) is 298 cm³/mol. The van der Waals surface area contributed by atoms with E-state index in [1.165, 1.54) is 154 Å². The van der Waals surface area contributed by atoms with Crippen LogP contribution in [0.1, 0.15) is 273 Å². The summed E-state index contributed by atoms with van der Waals surface area (Å²) in [6.07, 6.45) is 42.9. The van der Waals surface area contributed by atoms with Crippen LogP contribution in [0.3, 0.4) is 0 Å². The average Bonchev–Trinajstić information content (AvgIpc) is 3.88. The number of unbranched alkanes of at least 4 members (excludes halogenated alkanes) is 30. The summed E-state index contributed by atoms with van der Waals surface area (Å²) >= 11 is 0. The highest BCUT2D eigenvalue weighted by Crippen LogP contribution is 2.45. The maximum absolute atomic E-state index is 6.64. The van der Waals surface area contributed by atoms with Crippen molar-refractivity contribution < 1.29 is 32.8 Å². The Balaban J connectivity index is 2.01. The lowest BCUT2D eigenvalue weighted by atomic mass is 10.1. The number of ether oxygens (including phenoxy) is 6. The second-order valence-electron chi connectivity index (χ2n) is 20.2. The molecule has 9 nitrogen and oxygen atoms in total. The minimum atomic E-state index is 0.392. The van der Waals surface area contributed by atoms with Gasteiger partial charge in [-0.2, -0.15) is 0 Å². The molecule has 406 valence electrons. The van der Waals surface area contributed by atoms with Crippen molar-refractivity contribution in [2.24, 2.45) is 0 Å². The molecule has 2 aromatic carbocycles. The summed E-state index contributed by atoms with van der Waals surface area (Å²) in [5, 5.41) is 9.35. The van der Waals surface area contributed by atoms with Gasteiger partial charge in [0.2, 0.25) is 23.3 Å². The molecular weight excluding hydrogens is 885 g/mol. The van der Waals surface area contributed by atoms with Gasteiger partial charge in [-0.25, -0.2) is 0 Å². The SMILES string of the molecule is CCCCCCCCOc1cc(-c2nnc(-c3cc(OCCCCCCCC)c(OCCCCCCCC)c(OCCCCCCCC)c3)o2)cc(OCCCCCCCC)c1OCCCCCCCC. The van der Waals surface area contributed by atoms with E-state index >= 15 is 0 Å². The zero-order valence-electron chi connectivity index (χ0n) is 46.8. The molecule has 0 saturated carbocycles. The van der Waals surface area contributed by atoms with Crippen molar-refractivity contribution in [2.45, 2.75) is 273 Å². The van der Waals surface area contributed by atoms with Gasteiger partial charge >= 0.3 is 0 Å². The normalized spacial score (nSPS) is 11.4. The fraction of sp³-hybridized carbons (Fsp3) is 0.774. The third-order valence-corrected chi connectivity index (χ3v) is 13.5. The summed E-state index contributed by atoms with van der Waals surface area (Å²) in [5.74, 6) is 4.81. The molecular formula is C62H106N2O7. The number of benzene rings is 2. The smallest absolute Gasteiger partial charge is 0.248 e. The lowest BCUT2D eigenvalue weighted by Gasteiger charge is -2.19. The van der Waals surface area contributed by atoms with E-state index in [0.29, 0.717) is 85.9 Å². The van der Waals surface area contributed by atoms with Gasteiger partial charge in [-0.15, -0.1) is 10.2 Å². The quantitative estimate of drug-likeness (QED) is 0.0513. The highest BCUT2D eigenvalue weighted by Gasteiger charge is 2.23. The van der Waals surface area contributed by atoms with E-state index in [9.17, 15) is 0 Å². The minimum Gasteiger partial charge on any atom is -0.490 e. The van der Waals surface area contributed by atoms with Crippen LogP contribution in [0.25, 0.3) is 22.9 Å². The van der Waals surface area contributed by atoms with Gasteiger partial charge < -0.3 is 32.8 Å². The molecule has 0 atom stereocenters. The van der Waals surface area contributed by atoms with E-state index in [1.54, 1.807) is 0 Å². The number of rotatable bonds is 50. The molecule has 3 rings (SSSR count). The van der Waals surface area contributed by atoms with Crippen molar-refractivity contribution in [3.63, 3.8) is 0 Å². The lowest BCUT2D eigenvalue weighted by Crippen LogP contribution is -2.07. The third kappa shape index (κ3) is 27.9. The van der Waals surface area contributed by atoms with Crippen molar-refractivity contribution in [3.8, 4) is 57.4 Å². The molecule has 9 heteroatoms. The van der Waals surface area contributed by atoms with Crippen LogP contribution in [0.2, 0.25) is 0 Å². The summed E-state index contributed by atoms with van der Waals surface area (Å²) < 4.78 is 46.4. The van der Waals surface area contributed by atoms with Gasteiger partial charge in [0.25, 0.3) is 0 Å². The molecule has 3 aromatic rings. The minimum absolute atomic E-state index is 0.392. The summed E-state index contributed by atoms with van der Waals surface area (Å²) in [6.45, 7) is 17.2. The monoisotopic (exact) mass is 991 g/mol. The Kier molecular flexibility index (Phi) is 37.2. The standard InChI is InChI=1S/C62H106N2O7/c1-7-13-19-25-31-37-43-65-55-49-53(50-56(66-44-38-32-26-20-14-8-2)59(55)69-47-41-35-29-23-17-11-5)61-63-64-62(71-61)54-51-57(67-45-39-33-27-21-15-9-3)60(70-48-42-36-30-24-18-12-6)58(52-54)68-46-40-34-28-22-16-10-4/h49-52H,7-48H2,1-6H3. The first-order chi connectivity index (χ1) is 35.1. The largest absolute Gasteiger partial charge is 0.490 e. The molecule has 0 unspecified atom stereocenters. The Labute approximate surface area is 435 Å². The van der Waals surface area contributed by atoms with E-state index in [4.69, 9.17) is 32.8 Å². The first-order valence-electron chi connectivity index (χ1n) is 30.1. The first-order valence-corrected chi connectivity index (χ1v) is 30.1. The van der Waals surface area contributed by atoms with Crippen LogP contribution >= 0.6 is 0 Å². The van der Waals surface area contributed by atoms with Gasteiger partial charge in [-0.1, -0.05) is 234 Å². The molecule has 0 N–H and O–H groups in total. The molecule has 0 aliphatic carbocycles. The number of hydrogen-bond donors (Lipinski definition) is 0. The van der Waals surface area contributed by atoms with Crippen molar-refractivity contribution in [3.05, 3.63) is 24.3 Å². The molecule has 1 heterocycles. The van der Waals surface area contributed by atoms with Gasteiger partial charge in [-0.05, 0) is 62.8 Å². The highest BCUT2D eigenvalue weighted by molar-refractivity contribution is 5.69. The second-order valence-corrected chi connectivity index (χ2v) is 20.2. The van der Waals surface area contributed by atoms with Crippen molar-refractivity contribution >= 4 is 0 Å². The molecule has 0 bridgehead atoms. The van der Waals surface area contributed by atoms with E-state index in [1.807, 2.05) is 24.3 Å². The van der Waals surface area contributed by atoms with Crippen LogP contribution in [0.5, 0.6) is 34.5 Å². The maximum atomic E-state index is 6.64. The van der Waals surface area contributed by atoms with Gasteiger partial charge in [0.05, 0.1) is 39.6 Å². The molecule has 1 aromatic heterocycles. The number of nitrogens with zero attached hydrogens (tertiary/aromatic N) is 2. The second kappa shape index (κ2) is 42.8. The molecule has 0 amide bonds. The maximum Gasteiger partial charge on any atom is 0.248 e. The fourth-order valence-corrected chi connectivity index (χ4v) is 8.94. The highest BCUT2D eigenvalue weighted by atomic mass is 16.5. The summed E-state index contributed by atoms with van der Waals surface area (Å²) in [5.41, 5.74) is 1.48. The van der Waals surface area contributed by atoms with Crippen LogP contribution in [0.15, 0.2) is 28.7 Å². The fourth-order valence-electron chi connectivity index (χ4n) is 8.94. The van der Waals surface area contributed by atoms with Gasteiger partial charge in [0.15, 0.2) is 23.0 Å². The molecule has 0 spiro atoms. The molecule has 0 aliphatic heterocycles. The van der Waals surface area contributed by atoms with E-state index in [-0.39, 0.29) is 0 Å². The van der Waals surface area contributed by atoms with Gasteiger partial charge in [0.1, 0.15) is 0 Å². The first kappa shape index (κ1) is 61.7. The third-order valence-electron chi connectivity index (χ3n) is 13.5. The number of aromatic nitrogens is 2. The van der Waals surface area contributed by atoms with E-state index in [0.717, 1.165) is 88.2 Å². The molecule has 0 saturated heterocycles. The average molecular weight is 992 g/mol. The van der Waals surface area contributed by atoms with Gasteiger partial charge in [-0.3, -0.25) is 0 Å². The van der Waals surface area contributed by atoms with Crippen molar-refractivity contribution in [1.29, 1.82) is 0 Å². The van der Waals surface area contributed by atoms with Crippen molar-refractivity contribution in [1.82, 2.24) is 10.2 Å². The van der Waals surface area contributed by atoms with Crippen LogP contribution < -0.4 is 28.4 Å². The molecule has 71 heavy (non-hydrogen) atoms. The van der Waals surface area contributed by atoms with Crippen molar-refractivity contribution in [2.75, 3.05) is 39.6 Å². The molecule has 0 radical (unpaired) electrons. The Morgan fingerprint density at radius 3 is 0.690 bits per heavy atom. The Hall–Kier alpha value is -3.62. The molecule has 0 aliphatic rings. The number of hydrogen-bond acceptors (Lipinski definition) is 9. The van der Waals surface area contributed by atoms with Gasteiger partial charge in [0, 0.05) is 11.1 Å². The van der Waals surface area contributed by atoms with Crippen LogP contribution in [-0.2, 0) is 0 Å². The van der Waals surface area contributed by atoms with Crippen LogP contribution in [0, 0.1) is 0 Å². The predicted octanol–water partition coefficient (Wildman–Crippen LogP) is 19.8. The zero-order valence-corrected chi connectivity index (χ0v) is 46.8. The molecule has 0 fully saturated rings. The summed E-state index contributed by atoms with van der Waals surface area (Å²) in [7, 11) is 0. The zero-order chi connectivity index (χ0) is 50.7. The van der Waals surface area contributed by atoms with Crippen LogP contribution in [-0.4, -0.2) is 49.8 Å². The topological polar surface area (TPSA) is 94.3 Å². The lowest BCUT2D eigenvalue weighted by molar-refractivity contribution is 0.234. The van der Waals surface area contributed by atoms with E-state index in [2.05, 4.69) is 51.7 Å². The Bertz CT molecular complexity index is 1500. The Morgan fingerprint density at radius 2 is 0.465 bits per heavy atom. The van der Waals surface area contributed by atoms with Crippen LogP contribution in [0.4, 0.5) is 0 Å². The van der Waals surface area contributed by atoms with E-state index < -0.39 is 0 Å². The summed E-state index contributed by atoms with van der Waals surface area (Å²) in [6, 6.07) is 8.02. The summed E-state index contributed by atoms with van der Waals surface area (Å²) in [4.78, 5) is 0. The Morgan fingerprint density at radius 1 is 0.268 bits per heavy atom.